The molecule has 0 radical (unpaired) electrons. The van der Waals surface area contributed by atoms with Gasteiger partial charge in [0.1, 0.15) is 17.7 Å². The van der Waals surface area contributed by atoms with Crippen LogP contribution in [0.4, 0.5) is 11.5 Å². The Hall–Kier alpha value is -2.87. The fraction of sp³-hybridized carbons (Fsp3) is 0.292. The van der Waals surface area contributed by atoms with Crippen molar-refractivity contribution in [2.75, 3.05) is 23.8 Å². The quantitative estimate of drug-likeness (QED) is 0.325. The number of aromatic nitrogens is 2. The van der Waals surface area contributed by atoms with Crippen molar-refractivity contribution < 1.29 is 9.84 Å². The lowest BCUT2D eigenvalue weighted by molar-refractivity contribution is 0.227. The maximum Gasteiger partial charge on any atom is 0.128 e. The molecule has 0 aliphatic carbocycles. The van der Waals surface area contributed by atoms with Gasteiger partial charge >= 0.3 is 0 Å². The van der Waals surface area contributed by atoms with E-state index in [1.54, 1.807) is 24.4 Å². The Kier molecular flexibility index (Phi) is 7.02. The van der Waals surface area contributed by atoms with Gasteiger partial charge in [0.15, 0.2) is 0 Å². The zero-order chi connectivity index (χ0) is 23.5. The molecule has 9 heteroatoms. The SMILES string of the molecule is C[C@@H](Oc1ccc(N)c(C(=N)c2ccc(N3CCC[C@@H]3CO)nc2)c1)c1c(Cl)cncc1Cl. The zero-order valence-electron chi connectivity index (χ0n) is 18.1. The average Bonchev–Trinajstić information content (AvgIpc) is 3.29. The highest BCUT2D eigenvalue weighted by atomic mass is 35.5. The maximum atomic E-state index is 9.56. The van der Waals surface area contributed by atoms with Crippen molar-refractivity contribution in [3.8, 4) is 5.75 Å². The van der Waals surface area contributed by atoms with Crippen LogP contribution in [0.1, 0.15) is 42.6 Å². The van der Waals surface area contributed by atoms with Gasteiger partial charge in [-0.3, -0.25) is 10.4 Å². The lowest BCUT2D eigenvalue weighted by Gasteiger charge is -2.24. The van der Waals surface area contributed by atoms with E-state index in [9.17, 15) is 5.11 Å². The predicted molar refractivity (Wildman–Crippen MR) is 132 cm³/mol. The molecule has 4 N–H and O–H groups in total. The molecule has 1 aliphatic heterocycles. The zero-order valence-corrected chi connectivity index (χ0v) is 19.6. The van der Waals surface area contributed by atoms with Gasteiger partial charge in [-0.1, -0.05) is 23.2 Å². The topological polar surface area (TPSA) is 108 Å². The summed E-state index contributed by atoms with van der Waals surface area (Å²) in [6.07, 6.45) is 6.26. The molecule has 2 atom stereocenters. The van der Waals surface area contributed by atoms with Gasteiger partial charge in [0.2, 0.25) is 0 Å². The van der Waals surface area contributed by atoms with Gasteiger partial charge in [-0.2, -0.15) is 0 Å². The minimum absolute atomic E-state index is 0.0941. The van der Waals surface area contributed by atoms with Crippen LogP contribution in [0.15, 0.2) is 48.9 Å². The lowest BCUT2D eigenvalue weighted by Crippen LogP contribution is -2.32. The number of aliphatic hydroxyl groups excluding tert-OH is 1. The van der Waals surface area contributed by atoms with E-state index in [2.05, 4.69) is 14.9 Å². The fourth-order valence-corrected chi connectivity index (χ4v) is 4.76. The smallest absolute Gasteiger partial charge is 0.128 e. The van der Waals surface area contributed by atoms with Gasteiger partial charge in [-0.25, -0.2) is 4.98 Å². The summed E-state index contributed by atoms with van der Waals surface area (Å²) in [6.45, 7) is 2.82. The first-order valence-corrected chi connectivity index (χ1v) is 11.4. The minimum atomic E-state index is -0.431. The number of benzene rings is 1. The lowest BCUT2D eigenvalue weighted by atomic mass is 10.0. The van der Waals surface area contributed by atoms with Gasteiger partial charge in [0.05, 0.1) is 28.4 Å². The summed E-state index contributed by atoms with van der Waals surface area (Å²) in [7, 11) is 0. The molecule has 172 valence electrons. The molecular weight excluding hydrogens is 461 g/mol. The van der Waals surface area contributed by atoms with Crippen molar-refractivity contribution in [1.29, 1.82) is 5.41 Å². The van der Waals surface area contributed by atoms with E-state index >= 15 is 0 Å². The average molecular weight is 486 g/mol. The van der Waals surface area contributed by atoms with Crippen molar-refractivity contribution in [3.05, 3.63) is 75.7 Å². The maximum absolute atomic E-state index is 9.56. The third-order valence-corrected chi connectivity index (χ3v) is 6.42. The summed E-state index contributed by atoms with van der Waals surface area (Å²) in [6, 6.07) is 9.01. The highest BCUT2D eigenvalue weighted by molar-refractivity contribution is 6.35. The molecule has 7 nitrogen and oxygen atoms in total. The first-order valence-electron chi connectivity index (χ1n) is 10.7. The highest BCUT2D eigenvalue weighted by Crippen LogP contribution is 2.33. The molecule has 1 aliphatic rings. The van der Waals surface area contributed by atoms with Gasteiger partial charge in [-0.05, 0) is 50.1 Å². The normalized spacial score (nSPS) is 16.6. The number of hydrogen-bond donors (Lipinski definition) is 3. The van der Waals surface area contributed by atoms with Crippen molar-refractivity contribution in [3.63, 3.8) is 0 Å². The predicted octanol–water partition coefficient (Wildman–Crippen LogP) is 4.88. The monoisotopic (exact) mass is 485 g/mol. The molecule has 0 spiro atoms. The van der Waals surface area contributed by atoms with E-state index in [1.807, 2.05) is 19.1 Å². The number of aliphatic hydroxyl groups is 1. The molecule has 0 amide bonds. The summed E-state index contributed by atoms with van der Waals surface area (Å²) < 4.78 is 6.06. The first kappa shape index (κ1) is 23.3. The van der Waals surface area contributed by atoms with Gasteiger partial charge in [-0.15, -0.1) is 0 Å². The summed E-state index contributed by atoms with van der Waals surface area (Å²) in [5, 5.41) is 19.1. The molecule has 33 heavy (non-hydrogen) atoms. The second kappa shape index (κ2) is 9.95. The van der Waals surface area contributed by atoms with Crippen molar-refractivity contribution in [1.82, 2.24) is 9.97 Å². The minimum Gasteiger partial charge on any atom is -0.486 e. The summed E-state index contributed by atoms with van der Waals surface area (Å²) in [5.74, 6) is 1.33. The fourth-order valence-electron chi connectivity index (χ4n) is 4.08. The van der Waals surface area contributed by atoms with Gasteiger partial charge < -0.3 is 20.5 Å². The molecule has 3 aromatic rings. The Balaban J connectivity index is 1.54. The van der Waals surface area contributed by atoms with Crippen molar-refractivity contribution >= 4 is 40.4 Å². The molecule has 4 rings (SSSR count). The van der Waals surface area contributed by atoms with E-state index in [4.69, 9.17) is 39.1 Å². The second-order valence-electron chi connectivity index (χ2n) is 7.98. The Morgan fingerprint density at radius 1 is 1.24 bits per heavy atom. The number of anilines is 2. The largest absolute Gasteiger partial charge is 0.486 e. The molecule has 0 unspecified atom stereocenters. The molecule has 1 fully saturated rings. The van der Waals surface area contributed by atoms with Crippen LogP contribution in [0.5, 0.6) is 5.75 Å². The molecule has 2 aromatic heterocycles. The number of nitrogens with two attached hydrogens (primary N) is 1. The summed E-state index contributed by atoms with van der Waals surface area (Å²) in [5.41, 5.74) is 8.70. The van der Waals surface area contributed by atoms with E-state index in [0.717, 1.165) is 25.2 Å². The van der Waals surface area contributed by atoms with E-state index in [1.165, 1.54) is 12.4 Å². The Morgan fingerprint density at radius 2 is 2.00 bits per heavy atom. The first-order chi connectivity index (χ1) is 15.9. The molecule has 1 saturated heterocycles. The van der Waals surface area contributed by atoms with Crippen LogP contribution >= 0.6 is 23.2 Å². The highest BCUT2D eigenvalue weighted by Gasteiger charge is 2.25. The standard InChI is InChI=1S/C24H25Cl2N5O2/c1-14(23-19(25)11-29-12-20(23)26)33-17-5-6-21(27)18(9-17)24(28)15-4-7-22(30-10-15)31-8-2-3-16(31)13-32/h4-7,9-12,14,16,28,32H,2-3,8,13,27H2,1H3/t14-,16-/m1/s1. The Bertz CT molecular complexity index is 1140. The number of nitrogens with zero attached hydrogens (tertiary/aromatic N) is 3. The number of nitrogen functional groups attached to an aromatic ring is 1. The van der Waals surface area contributed by atoms with Crippen molar-refractivity contribution in [2.45, 2.75) is 31.9 Å². The Labute approximate surface area is 202 Å². The number of nitrogens with one attached hydrogen (secondary N) is 1. The molecule has 0 bridgehead atoms. The van der Waals surface area contributed by atoms with Crippen LogP contribution in [0.3, 0.4) is 0 Å². The van der Waals surface area contributed by atoms with Crippen LogP contribution < -0.4 is 15.4 Å². The number of ether oxygens (including phenoxy) is 1. The third kappa shape index (κ3) is 4.90. The van der Waals surface area contributed by atoms with Crippen molar-refractivity contribution in [2.24, 2.45) is 0 Å². The van der Waals surface area contributed by atoms with Gasteiger partial charge in [0.25, 0.3) is 0 Å². The van der Waals surface area contributed by atoms with Crippen LogP contribution in [0.25, 0.3) is 0 Å². The summed E-state index contributed by atoms with van der Waals surface area (Å²) in [4.78, 5) is 10.6. The number of hydrogen-bond acceptors (Lipinski definition) is 7. The van der Waals surface area contributed by atoms with E-state index < -0.39 is 6.10 Å². The van der Waals surface area contributed by atoms with E-state index in [0.29, 0.717) is 38.2 Å². The molecule has 0 saturated carbocycles. The second-order valence-corrected chi connectivity index (χ2v) is 8.79. The molecular formula is C24H25Cl2N5O2. The van der Waals surface area contributed by atoms with Crippen LogP contribution in [0, 0.1) is 5.41 Å². The number of halogens is 2. The van der Waals surface area contributed by atoms with Gasteiger partial charge in [0, 0.05) is 47.5 Å². The molecule has 1 aromatic carbocycles. The Morgan fingerprint density at radius 3 is 2.67 bits per heavy atom. The van der Waals surface area contributed by atoms with Crippen LogP contribution in [-0.4, -0.2) is 40.0 Å². The van der Waals surface area contributed by atoms with Crippen LogP contribution in [0.2, 0.25) is 10.0 Å². The number of pyridine rings is 2. The number of rotatable bonds is 7. The third-order valence-electron chi connectivity index (χ3n) is 5.82. The molecule has 3 heterocycles. The van der Waals surface area contributed by atoms with E-state index in [-0.39, 0.29) is 18.4 Å². The van der Waals surface area contributed by atoms with Crippen LogP contribution in [-0.2, 0) is 0 Å². The summed E-state index contributed by atoms with van der Waals surface area (Å²) >= 11 is 12.5.